The van der Waals surface area contributed by atoms with Gasteiger partial charge in [-0.1, -0.05) is 31.0 Å². The average molecular weight is 276 g/mol. The molecule has 3 heteroatoms. The zero-order chi connectivity index (χ0) is 14.8. The van der Waals surface area contributed by atoms with E-state index in [4.69, 9.17) is 5.73 Å². The Morgan fingerprint density at radius 3 is 2.40 bits per heavy atom. The van der Waals surface area contributed by atoms with Crippen LogP contribution < -0.4 is 11.1 Å². The molecule has 20 heavy (non-hydrogen) atoms. The van der Waals surface area contributed by atoms with Crippen LogP contribution in [0.4, 0.5) is 0 Å². The lowest BCUT2D eigenvalue weighted by Gasteiger charge is -2.10. The van der Waals surface area contributed by atoms with Crippen molar-refractivity contribution in [3.8, 4) is 0 Å². The van der Waals surface area contributed by atoms with E-state index in [1.807, 2.05) is 0 Å². The van der Waals surface area contributed by atoms with Crippen molar-refractivity contribution in [2.45, 2.75) is 52.4 Å². The average Bonchev–Trinajstić information content (AvgIpc) is 2.42. The summed E-state index contributed by atoms with van der Waals surface area (Å²) >= 11 is 0. The number of carbonyl (C=O) groups is 1. The zero-order valence-corrected chi connectivity index (χ0v) is 12.9. The lowest BCUT2D eigenvalue weighted by atomic mass is 10.0. The summed E-state index contributed by atoms with van der Waals surface area (Å²) in [5.74, 6) is 0.170. The van der Waals surface area contributed by atoms with Gasteiger partial charge in [-0.05, 0) is 56.3 Å². The molecule has 0 unspecified atom stereocenters. The van der Waals surface area contributed by atoms with Crippen molar-refractivity contribution in [2.75, 3.05) is 13.1 Å². The molecule has 3 nitrogen and oxygen atoms in total. The molecule has 0 heterocycles. The van der Waals surface area contributed by atoms with Crippen LogP contribution in [0.15, 0.2) is 18.2 Å². The Hall–Kier alpha value is -1.35. The van der Waals surface area contributed by atoms with Gasteiger partial charge in [-0.3, -0.25) is 4.79 Å². The summed E-state index contributed by atoms with van der Waals surface area (Å²) in [5, 5.41) is 3.01. The lowest BCUT2D eigenvalue weighted by molar-refractivity contribution is -0.121. The van der Waals surface area contributed by atoms with E-state index in [0.717, 1.165) is 45.2 Å². The van der Waals surface area contributed by atoms with Crippen LogP contribution in [-0.4, -0.2) is 19.0 Å². The summed E-state index contributed by atoms with van der Waals surface area (Å²) < 4.78 is 0. The molecule has 1 aromatic carbocycles. The summed E-state index contributed by atoms with van der Waals surface area (Å²) in [6.45, 7) is 5.73. The van der Waals surface area contributed by atoms with E-state index >= 15 is 0 Å². The molecule has 1 aromatic rings. The molecule has 0 aliphatic rings. The van der Waals surface area contributed by atoms with Crippen molar-refractivity contribution in [2.24, 2.45) is 5.73 Å². The molecule has 0 aliphatic heterocycles. The minimum atomic E-state index is 0.170. The van der Waals surface area contributed by atoms with Crippen molar-refractivity contribution in [3.63, 3.8) is 0 Å². The van der Waals surface area contributed by atoms with E-state index in [1.54, 1.807) is 0 Å². The number of nitrogens with two attached hydrogens (primary N) is 1. The maximum Gasteiger partial charge on any atom is 0.220 e. The van der Waals surface area contributed by atoms with Crippen LogP contribution >= 0.6 is 0 Å². The molecule has 112 valence electrons. The van der Waals surface area contributed by atoms with Crippen molar-refractivity contribution >= 4 is 5.91 Å². The first kappa shape index (κ1) is 16.7. The van der Waals surface area contributed by atoms with E-state index in [-0.39, 0.29) is 5.91 Å². The Morgan fingerprint density at radius 1 is 1.10 bits per heavy atom. The van der Waals surface area contributed by atoms with Crippen LogP contribution in [0.5, 0.6) is 0 Å². The maximum absolute atomic E-state index is 11.7. The Morgan fingerprint density at radius 2 is 1.75 bits per heavy atom. The number of hydrogen-bond acceptors (Lipinski definition) is 2. The van der Waals surface area contributed by atoms with Gasteiger partial charge < -0.3 is 11.1 Å². The fourth-order valence-corrected chi connectivity index (χ4v) is 2.44. The van der Waals surface area contributed by atoms with Gasteiger partial charge in [-0.15, -0.1) is 0 Å². The highest BCUT2D eigenvalue weighted by Crippen LogP contribution is 2.13. The third kappa shape index (κ3) is 6.20. The SMILES string of the molecule is Cc1cccc(C)c1CCNC(=O)CCCCCCN. The normalized spacial score (nSPS) is 10.6. The summed E-state index contributed by atoms with van der Waals surface area (Å²) in [4.78, 5) is 11.7. The Bertz CT molecular complexity index is 395. The molecule has 0 bridgehead atoms. The molecule has 1 amide bonds. The highest BCUT2D eigenvalue weighted by molar-refractivity contribution is 5.75. The molecule has 0 spiro atoms. The van der Waals surface area contributed by atoms with Gasteiger partial charge in [-0.2, -0.15) is 0 Å². The fraction of sp³-hybridized carbons (Fsp3) is 0.588. The second-order valence-corrected chi connectivity index (χ2v) is 5.42. The van der Waals surface area contributed by atoms with Crippen molar-refractivity contribution in [1.29, 1.82) is 0 Å². The smallest absolute Gasteiger partial charge is 0.220 e. The van der Waals surface area contributed by atoms with Crippen LogP contribution in [0.25, 0.3) is 0 Å². The lowest BCUT2D eigenvalue weighted by Crippen LogP contribution is -2.25. The van der Waals surface area contributed by atoms with Gasteiger partial charge in [0.05, 0.1) is 0 Å². The number of nitrogens with one attached hydrogen (secondary N) is 1. The number of amides is 1. The molecular formula is C17H28N2O. The summed E-state index contributed by atoms with van der Waals surface area (Å²) in [7, 11) is 0. The van der Waals surface area contributed by atoms with Gasteiger partial charge in [0.2, 0.25) is 5.91 Å². The number of unbranched alkanes of at least 4 members (excludes halogenated alkanes) is 3. The minimum absolute atomic E-state index is 0.170. The predicted molar refractivity (Wildman–Crippen MR) is 84.8 cm³/mol. The number of benzene rings is 1. The zero-order valence-electron chi connectivity index (χ0n) is 12.9. The monoisotopic (exact) mass is 276 g/mol. The Balaban J connectivity index is 2.19. The van der Waals surface area contributed by atoms with Crippen molar-refractivity contribution in [3.05, 3.63) is 34.9 Å². The summed E-state index contributed by atoms with van der Waals surface area (Å²) in [5.41, 5.74) is 9.41. The van der Waals surface area contributed by atoms with Crippen molar-refractivity contribution in [1.82, 2.24) is 5.32 Å². The minimum Gasteiger partial charge on any atom is -0.356 e. The van der Waals surface area contributed by atoms with E-state index in [9.17, 15) is 4.79 Å². The van der Waals surface area contributed by atoms with E-state index in [0.29, 0.717) is 6.42 Å². The summed E-state index contributed by atoms with van der Waals surface area (Å²) in [6, 6.07) is 6.33. The van der Waals surface area contributed by atoms with Gasteiger partial charge >= 0.3 is 0 Å². The maximum atomic E-state index is 11.7. The number of aryl methyl sites for hydroxylation is 2. The topological polar surface area (TPSA) is 55.1 Å². The quantitative estimate of drug-likeness (QED) is 0.681. The molecule has 0 fully saturated rings. The highest BCUT2D eigenvalue weighted by Gasteiger charge is 2.04. The third-order valence-electron chi connectivity index (χ3n) is 3.70. The number of hydrogen-bond donors (Lipinski definition) is 2. The fourth-order valence-electron chi connectivity index (χ4n) is 2.44. The summed E-state index contributed by atoms with van der Waals surface area (Å²) in [6.07, 6.45) is 5.81. The van der Waals surface area contributed by atoms with Gasteiger partial charge in [0.1, 0.15) is 0 Å². The van der Waals surface area contributed by atoms with E-state index in [2.05, 4.69) is 37.4 Å². The van der Waals surface area contributed by atoms with Gasteiger partial charge in [0.15, 0.2) is 0 Å². The molecule has 0 saturated heterocycles. The standard InChI is InChI=1S/C17H28N2O/c1-14-8-7-9-15(2)16(14)11-13-19-17(20)10-5-3-4-6-12-18/h7-9H,3-6,10-13,18H2,1-2H3,(H,19,20). The highest BCUT2D eigenvalue weighted by atomic mass is 16.1. The van der Waals surface area contributed by atoms with Crippen LogP contribution in [0.1, 0.15) is 48.8 Å². The number of carbonyl (C=O) groups excluding carboxylic acids is 1. The first-order chi connectivity index (χ1) is 9.65. The van der Waals surface area contributed by atoms with E-state index < -0.39 is 0 Å². The molecule has 0 aliphatic carbocycles. The number of rotatable bonds is 9. The second kappa shape index (κ2) is 9.54. The molecule has 0 radical (unpaired) electrons. The first-order valence-electron chi connectivity index (χ1n) is 7.67. The second-order valence-electron chi connectivity index (χ2n) is 5.42. The van der Waals surface area contributed by atoms with E-state index in [1.165, 1.54) is 16.7 Å². The predicted octanol–water partition coefficient (Wildman–Crippen LogP) is 2.87. The molecular weight excluding hydrogens is 248 g/mol. The molecule has 1 rings (SSSR count). The van der Waals surface area contributed by atoms with Gasteiger partial charge in [0.25, 0.3) is 0 Å². The molecule has 0 aromatic heterocycles. The van der Waals surface area contributed by atoms with Crippen LogP contribution in [0, 0.1) is 13.8 Å². The molecule has 3 N–H and O–H groups in total. The van der Waals surface area contributed by atoms with Crippen LogP contribution in [-0.2, 0) is 11.2 Å². The molecule has 0 atom stereocenters. The van der Waals surface area contributed by atoms with Gasteiger partial charge in [-0.25, -0.2) is 0 Å². The van der Waals surface area contributed by atoms with Crippen LogP contribution in [0.3, 0.4) is 0 Å². The Kier molecular flexibility index (Phi) is 7.97. The first-order valence-corrected chi connectivity index (χ1v) is 7.67. The largest absolute Gasteiger partial charge is 0.356 e. The van der Waals surface area contributed by atoms with Crippen LogP contribution in [0.2, 0.25) is 0 Å². The van der Waals surface area contributed by atoms with Crippen molar-refractivity contribution < 1.29 is 4.79 Å². The molecule has 0 saturated carbocycles. The third-order valence-corrected chi connectivity index (χ3v) is 3.70. The van der Waals surface area contributed by atoms with Gasteiger partial charge in [0, 0.05) is 13.0 Å². The Labute approximate surface area is 122 Å².